The van der Waals surface area contributed by atoms with Crippen LogP contribution in [-0.4, -0.2) is 45.9 Å². The summed E-state index contributed by atoms with van der Waals surface area (Å²) in [5, 5.41) is 11.9. The predicted octanol–water partition coefficient (Wildman–Crippen LogP) is 3.08. The van der Waals surface area contributed by atoms with E-state index in [1.54, 1.807) is 31.4 Å². The summed E-state index contributed by atoms with van der Waals surface area (Å²) in [6.07, 6.45) is 0.540. The van der Waals surface area contributed by atoms with Crippen LogP contribution in [-0.2, 0) is 13.5 Å². The quantitative estimate of drug-likeness (QED) is 0.420. The van der Waals surface area contributed by atoms with Crippen LogP contribution in [0.2, 0.25) is 0 Å². The van der Waals surface area contributed by atoms with Gasteiger partial charge in [0.05, 0.1) is 12.9 Å². The van der Waals surface area contributed by atoms with Gasteiger partial charge in [0.2, 0.25) is 0 Å². The molecule has 0 fully saturated rings. The van der Waals surface area contributed by atoms with Crippen molar-refractivity contribution < 1.29 is 14.3 Å². The summed E-state index contributed by atoms with van der Waals surface area (Å²) in [4.78, 5) is 24.6. The molecule has 0 aliphatic heterocycles. The van der Waals surface area contributed by atoms with Crippen molar-refractivity contribution in [3.8, 4) is 5.75 Å². The standard InChI is InChI=1S/C22H24N4O3S/c1-15-4-6-16(7-5-15)19(27)14-30-22-25-24-20(26(22)2)12-13-23-21(28)17-8-10-18(29-3)11-9-17/h4-11H,12-14H2,1-3H3,(H,23,28). The van der Waals surface area contributed by atoms with E-state index in [4.69, 9.17) is 4.74 Å². The molecule has 0 spiro atoms. The lowest BCUT2D eigenvalue weighted by atomic mass is 10.1. The van der Waals surface area contributed by atoms with Crippen molar-refractivity contribution in [2.24, 2.45) is 7.05 Å². The first-order chi connectivity index (χ1) is 14.5. The third-order valence-electron chi connectivity index (χ3n) is 4.62. The van der Waals surface area contributed by atoms with E-state index in [-0.39, 0.29) is 11.7 Å². The van der Waals surface area contributed by atoms with Crippen molar-refractivity contribution in [1.82, 2.24) is 20.1 Å². The van der Waals surface area contributed by atoms with Gasteiger partial charge in [-0.1, -0.05) is 41.6 Å². The fraction of sp³-hybridized carbons (Fsp3) is 0.273. The zero-order valence-electron chi connectivity index (χ0n) is 17.2. The third-order valence-corrected chi connectivity index (χ3v) is 5.64. The zero-order valence-corrected chi connectivity index (χ0v) is 18.0. The first-order valence-corrected chi connectivity index (χ1v) is 10.5. The number of hydrogen-bond donors (Lipinski definition) is 1. The van der Waals surface area contributed by atoms with E-state index in [1.165, 1.54) is 11.8 Å². The highest BCUT2D eigenvalue weighted by atomic mass is 32.2. The molecule has 8 heteroatoms. The van der Waals surface area contributed by atoms with Crippen molar-refractivity contribution in [3.63, 3.8) is 0 Å². The number of amides is 1. The molecular weight excluding hydrogens is 400 g/mol. The number of aryl methyl sites for hydroxylation is 1. The lowest BCUT2D eigenvalue weighted by molar-refractivity contribution is 0.0953. The van der Waals surface area contributed by atoms with E-state index < -0.39 is 0 Å². The number of nitrogens with zero attached hydrogens (tertiary/aromatic N) is 3. The number of ether oxygens (including phenoxy) is 1. The van der Waals surface area contributed by atoms with Crippen LogP contribution in [0.1, 0.15) is 32.1 Å². The monoisotopic (exact) mass is 424 g/mol. The second-order valence-electron chi connectivity index (χ2n) is 6.77. The van der Waals surface area contributed by atoms with Gasteiger partial charge in [0.15, 0.2) is 10.9 Å². The Bertz CT molecular complexity index is 1010. The molecule has 0 atom stereocenters. The molecule has 7 nitrogen and oxygen atoms in total. The van der Waals surface area contributed by atoms with E-state index in [1.807, 2.05) is 42.8 Å². The molecule has 1 aromatic heterocycles. The highest BCUT2D eigenvalue weighted by Crippen LogP contribution is 2.18. The molecule has 0 saturated heterocycles. The van der Waals surface area contributed by atoms with Crippen molar-refractivity contribution >= 4 is 23.5 Å². The lowest BCUT2D eigenvalue weighted by Gasteiger charge is -2.07. The fourth-order valence-electron chi connectivity index (χ4n) is 2.77. The van der Waals surface area contributed by atoms with Gasteiger partial charge in [-0.05, 0) is 31.2 Å². The average molecular weight is 425 g/mol. The number of benzene rings is 2. The highest BCUT2D eigenvalue weighted by molar-refractivity contribution is 7.99. The number of carbonyl (C=O) groups is 2. The van der Waals surface area contributed by atoms with Gasteiger partial charge in [-0.3, -0.25) is 9.59 Å². The topological polar surface area (TPSA) is 86.1 Å². The maximum absolute atomic E-state index is 12.3. The zero-order chi connectivity index (χ0) is 21.5. The Hall–Kier alpha value is -3.13. The molecule has 1 amide bonds. The molecule has 2 aromatic carbocycles. The van der Waals surface area contributed by atoms with Crippen LogP contribution >= 0.6 is 11.8 Å². The van der Waals surface area contributed by atoms with Gasteiger partial charge in [0.25, 0.3) is 5.91 Å². The highest BCUT2D eigenvalue weighted by Gasteiger charge is 2.13. The van der Waals surface area contributed by atoms with Crippen LogP contribution in [0.15, 0.2) is 53.7 Å². The second-order valence-corrected chi connectivity index (χ2v) is 7.71. The van der Waals surface area contributed by atoms with Crippen molar-refractivity contribution in [2.75, 3.05) is 19.4 Å². The Balaban J connectivity index is 1.49. The number of hydrogen-bond acceptors (Lipinski definition) is 6. The van der Waals surface area contributed by atoms with E-state index >= 15 is 0 Å². The summed E-state index contributed by atoms with van der Waals surface area (Å²) in [7, 11) is 3.44. The Labute approximate surface area is 179 Å². The van der Waals surface area contributed by atoms with Crippen LogP contribution < -0.4 is 10.1 Å². The number of thioether (sulfide) groups is 1. The summed E-state index contributed by atoms with van der Waals surface area (Å²) < 4.78 is 6.95. The second kappa shape index (κ2) is 10.1. The largest absolute Gasteiger partial charge is 0.497 e. The Morgan fingerprint density at radius 2 is 1.70 bits per heavy atom. The predicted molar refractivity (Wildman–Crippen MR) is 116 cm³/mol. The Kier molecular flexibility index (Phi) is 7.24. The number of carbonyl (C=O) groups excluding carboxylic acids is 2. The Morgan fingerprint density at radius 3 is 2.37 bits per heavy atom. The maximum Gasteiger partial charge on any atom is 0.251 e. The number of methoxy groups -OCH3 is 1. The van der Waals surface area contributed by atoms with Gasteiger partial charge >= 0.3 is 0 Å². The first-order valence-electron chi connectivity index (χ1n) is 9.51. The molecule has 156 valence electrons. The SMILES string of the molecule is COc1ccc(C(=O)NCCc2nnc(SCC(=O)c3ccc(C)cc3)n2C)cc1. The third kappa shape index (κ3) is 5.48. The minimum Gasteiger partial charge on any atom is -0.497 e. The normalized spacial score (nSPS) is 10.6. The summed E-state index contributed by atoms with van der Waals surface area (Å²) in [6, 6.07) is 14.5. The van der Waals surface area contributed by atoms with Crippen molar-refractivity contribution in [3.05, 3.63) is 71.0 Å². The minimum atomic E-state index is -0.155. The van der Waals surface area contributed by atoms with Crippen LogP contribution in [0.25, 0.3) is 0 Å². The molecule has 0 saturated carbocycles. The number of nitrogens with one attached hydrogen (secondary N) is 1. The molecule has 1 heterocycles. The number of aromatic nitrogens is 3. The fourth-order valence-corrected chi connectivity index (χ4v) is 3.60. The first kappa shape index (κ1) is 21.6. The molecule has 0 bridgehead atoms. The van der Waals surface area contributed by atoms with Crippen LogP contribution in [0.5, 0.6) is 5.75 Å². The molecule has 3 rings (SSSR count). The molecule has 0 aliphatic carbocycles. The van der Waals surface area contributed by atoms with Gasteiger partial charge in [0.1, 0.15) is 11.6 Å². The van der Waals surface area contributed by atoms with E-state index in [9.17, 15) is 9.59 Å². The van der Waals surface area contributed by atoms with Gasteiger partial charge in [-0.2, -0.15) is 0 Å². The number of Topliss-reactive ketones (excluding diaryl/α,β-unsaturated/α-hetero) is 1. The molecule has 30 heavy (non-hydrogen) atoms. The number of ketones is 1. The van der Waals surface area contributed by atoms with E-state index in [0.717, 1.165) is 11.4 Å². The van der Waals surface area contributed by atoms with Gasteiger partial charge in [0, 0.05) is 31.1 Å². The van der Waals surface area contributed by atoms with Gasteiger partial charge in [-0.15, -0.1) is 10.2 Å². The van der Waals surface area contributed by atoms with Gasteiger partial charge in [-0.25, -0.2) is 0 Å². The number of rotatable bonds is 9. The van der Waals surface area contributed by atoms with Crippen molar-refractivity contribution in [1.29, 1.82) is 0 Å². The van der Waals surface area contributed by atoms with Gasteiger partial charge < -0.3 is 14.6 Å². The minimum absolute atomic E-state index is 0.0521. The molecule has 0 unspecified atom stereocenters. The average Bonchev–Trinajstić information content (AvgIpc) is 3.12. The summed E-state index contributed by atoms with van der Waals surface area (Å²) in [6.45, 7) is 2.42. The van der Waals surface area contributed by atoms with E-state index in [2.05, 4.69) is 15.5 Å². The summed E-state index contributed by atoms with van der Waals surface area (Å²) in [5.41, 5.74) is 2.38. The maximum atomic E-state index is 12.3. The summed E-state index contributed by atoms with van der Waals surface area (Å²) >= 11 is 1.36. The molecule has 3 aromatic rings. The van der Waals surface area contributed by atoms with Crippen LogP contribution in [0.3, 0.4) is 0 Å². The van der Waals surface area contributed by atoms with Crippen molar-refractivity contribution in [2.45, 2.75) is 18.5 Å². The molecule has 0 aliphatic rings. The summed E-state index contributed by atoms with van der Waals surface area (Å²) in [5.74, 6) is 1.64. The molecule has 0 radical (unpaired) electrons. The smallest absolute Gasteiger partial charge is 0.251 e. The lowest BCUT2D eigenvalue weighted by Crippen LogP contribution is -2.26. The van der Waals surface area contributed by atoms with E-state index in [0.29, 0.717) is 40.8 Å². The molecular formula is C22H24N4O3S. The Morgan fingerprint density at radius 1 is 1.03 bits per heavy atom. The molecule has 1 N–H and O–H groups in total. The van der Waals surface area contributed by atoms with Crippen LogP contribution in [0, 0.1) is 6.92 Å². The van der Waals surface area contributed by atoms with Crippen LogP contribution in [0.4, 0.5) is 0 Å².